The molecule has 1 N–H and O–H groups in total. The molecule has 9 heteroatoms. The van der Waals surface area contributed by atoms with Gasteiger partial charge < -0.3 is 5.32 Å². The fraction of sp³-hybridized carbons (Fsp3) is 0.182. The molecule has 1 amide bonds. The normalized spacial score (nSPS) is 10.8. The van der Waals surface area contributed by atoms with Crippen molar-refractivity contribution in [3.8, 4) is 0 Å². The van der Waals surface area contributed by atoms with E-state index < -0.39 is 0 Å². The van der Waals surface area contributed by atoms with Crippen molar-refractivity contribution in [2.45, 2.75) is 13.5 Å². The Bertz CT molecular complexity index is 833. The van der Waals surface area contributed by atoms with Gasteiger partial charge in [-0.05, 0) is 13.0 Å². The third-order valence-corrected chi connectivity index (χ3v) is 3.46. The van der Waals surface area contributed by atoms with Crippen LogP contribution in [-0.2, 0) is 11.3 Å². The maximum absolute atomic E-state index is 12.0. The zero-order valence-electron chi connectivity index (χ0n) is 10.5. The van der Waals surface area contributed by atoms with E-state index in [1.54, 1.807) is 6.07 Å². The van der Waals surface area contributed by atoms with Crippen LogP contribution in [-0.4, -0.2) is 30.3 Å². The topological polar surface area (TPSA) is 94.2 Å². The summed E-state index contributed by atoms with van der Waals surface area (Å²) in [6.07, 6.45) is 2.89. The molecule has 0 bridgehead atoms. The third-order valence-electron chi connectivity index (χ3n) is 2.58. The predicted octanol–water partition coefficient (Wildman–Crippen LogP) is 0.295. The maximum Gasteiger partial charge on any atom is 0.293 e. The van der Waals surface area contributed by atoms with Crippen molar-refractivity contribution in [3.05, 3.63) is 40.0 Å². The van der Waals surface area contributed by atoms with Gasteiger partial charge in [-0.2, -0.15) is 10.2 Å². The summed E-state index contributed by atoms with van der Waals surface area (Å²) >= 11 is 1.33. The lowest BCUT2D eigenvalue weighted by Gasteiger charge is -2.04. The fourth-order valence-electron chi connectivity index (χ4n) is 1.69. The number of amides is 1. The quantitative estimate of drug-likeness (QED) is 0.748. The highest BCUT2D eigenvalue weighted by atomic mass is 32.1. The molecule has 0 atom stereocenters. The molecule has 3 aromatic rings. The first kappa shape index (κ1) is 12.5. The van der Waals surface area contributed by atoms with Gasteiger partial charge >= 0.3 is 0 Å². The number of nitrogens with zero attached hydrogens (tertiary/aromatic N) is 5. The molecule has 102 valence electrons. The van der Waals surface area contributed by atoms with Gasteiger partial charge in [0.05, 0.1) is 11.9 Å². The van der Waals surface area contributed by atoms with Crippen LogP contribution in [0.15, 0.2) is 28.8 Å². The number of nitrogens with one attached hydrogen (secondary N) is 1. The van der Waals surface area contributed by atoms with Crippen molar-refractivity contribution >= 4 is 27.9 Å². The van der Waals surface area contributed by atoms with Gasteiger partial charge in [0.25, 0.3) is 5.56 Å². The first-order valence-electron chi connectivity index (χ1n) is 5.75. The molecule has 20 heavy (non-hydrogen) atoms. The molecule has 0 unspecified atom stereocenters. The molecule has 0 aliphatic rings. The fourth-order valence-corrected chi connectivity index (χ4v) is 2.39. The Labute approximate surface area is 116 Å². The number of aryl methyl sites for hydroxylation is 1. The Morgan fingerprint density at radius 2 is 2.30 bits per heavy atom. The van der Waals surface area contributed by atoms with Crippen LogP contribution in [0.3, 0.4) is 0 Å². The smallest absolute Gasteiger partial charge is 0.293 e. The van der Waals surface area contributed by atoms with Crippen molar-refractivity contribution in [2.24, 2.45) is 0 Å². The monoisotopic (exact) mass is 290 g/mol. The Kier molecular flexibility index (Phi) is 3.03. The van der Waals surface area contributed by atoms with E-state index in [2.05, 4.69) is 20.5 Å². The summed E-state index contributed by atoms with van der Waals surface area (Å²) in [6, 6.07) is 1.57. The standard InChI is InChI=1S/C11H10N6O2S/c1-7-5-20-11(14-7)15-9(18)4-16-10(19)8-2-3-12-17(8)6-13-16/h2-3,5-6H,4H2,1H3,(H,14,15,18). The Morgan fingerprint density at radius 3 is 3.05 bits per heavy atom. The van der Waals surface area contributed by atoms with Gasteiger partial charge in [-0.15, -0.1) is 11.3 Å². The number of thiazole rings is 1. The van der Waals surface area contributed by atoms with Crippen LogP contribution in [0.4, 0.5) is 5.13 Å². The molecule has 3 aromatic heterocycles. The van der Waals surface area contributed by atoms with E-state index in [0.717, 1.165) is 10.4 Å². The van der Waals surface area contributed by atoms with Gasteiger partial charge in [-0.1, -0.05) is 0 Å². The molecule has 3 rings (SSSR count). The molecule has 0 aliphatic carbocycles. The second-order valence-electron chi connectivity index (χ2n) is 4.10. The van der Waals surface area contributed by atoms with E-state index >= 15 is 0 Å². The summed E-state index contributed by atoms with van der Waals surface area (Å²) in [5.41, 5.74) is 0.842. The number of hydrogen-bond acceptors (Lipinski definition) is 6. The number of anilines is 1. The van der Waals surface area contributed by atoms with Crippen molar-refractivity contribution < 1.29 is 4.79 Å². The second-order valence-corrected chi connectivity index (χ2v) is 4.96. The van der Waals surface area contributed by atoms with Crippen molar-refractivity contribution in [1.82, 2.24) is 24.4 Å². The largest absolute Gasteiger partial charge is 0.300 e. The van der Waals surface area contributed by atoms with Gasteiger partial charge in [0.15, 0.2) is 5.13 Å². The number of hydrogen-bond donors (Lipinski definition) is 1. The highest BCUT2D eigenvalue weighted by Crippen LogP contribution is 2.13. The van der Waals surface area contributed by atoms with Crippen LogP contribution in [0, 0.1) is 6.92 Å². The lowest BCUT2D eigenvalue weighted by Crippen LogP contribution is -2.30. The first-order valence-corrected chi connectivity index (χ1v) is 6.63. The number of fused-ring (bicyclic) bond motifs is 1. The summed E-state index contributed by atoms with van der Waals surface area (Å²) in [5.74, 6) is -0.349. The third kappa shape index (κ3) is 2.30. The molecule has 0 saturated carbocycles. The molecule has 0 fully saturated rings. The molecule has 3 heterocycles. The van der Waals surface area contributed by atoms with Crippen LogP contribution < -0.4 is 10.9 Å². The lowest BCUT2D eigenvalue weighted by molar-refractivity contribution is -0.117. The van der Waals surface area contributed by atoms with Crippen LogP contribution in [0.1, 0.15) is 5.69 Å². The summed E-state index contributed by atoms with van der Waals surface area (Å²) in [6.45, 7) is 1.67. The highest BCUT2D eigenvalue weighted by Gasteiger charge is 2.10. The van der Waals surface area contributed by atoms with Crippen LogP contribution >= 0.6 is 11.3 Å². The van der Waals surface area contributed by atoms with Gasteiger partial charge in [-0.3, -0.25) is 9.59 Å². The number of carbonyl (C=O) groups excluding carboxylic acids is 1. The van der Waals surface area contributed by atoms with Gasteiger partial charge in [-0.25, -0.2) is 14.2 Å². The van der Waals surface area contributed by atoms with Crippen molar-refractivity contribution in [3.63, 3.8) is 0 Å². The van der Waals surface area contributed by atoms with Gasteiger partial charge in [0.2, 0.25) is 5.91 Å². The number of aromatic nitrogens is 5. The average molecular weight is 290 g/mol. The molecule has 0 aliphatic heterocycles. The molecule has 8 nitrogen and oxygen atoms in total. The Hall–Kier alpha value is -2.55. The molecular weight excluding hydrogens is 280 g/mol. The minimum Gasteiger partial charge on any atom is -0.300 e. The summed E-state index contributed by atoms with van der Waals surface area (Å²) in [4.78, 5) is 28.0. The van der Waals surface area contributed by atoms with Crippen molar-refractivity contribution in [2.75, 3.05) is 5.32 Å². The van der Waals surface area contributed by atoms with Gasteiger partial charge in [0.1, 0.15) is 18.4 Å². The zero-order valence-corrected chi connectivity index (χ0v) is 11.3. The van der Waals surface area contributed by atoms with E-state index in [0.29, 0.717) is 10.6 Å². The lowest BCUT2D eigenvalue weighted by atomic mass is 10.5. The minimum absolute atomic E-state index is 0.168. The molecule has 0 aromatic carbocycles. The van der Waals surface area contributed by atoms with E-state index in [9.17, 15) is 9.59 Å². The highest BCUT2D eigenvalue weighted by molar-refractivity contribution is 7.13. The van der Waals surface area contributed by atoms with Crippen LogP contribution in [0.5, 0.6) is 0 Å². The molecular formula is C11H10N6O2S. The molecule has 0 radical (unpaired) electrons. The Morgan fingerprint density at radius 1 is 1.45 bits per heavy atom. The molecule has 0 spiro atoms. The summed E-state index contributed by atoms with van der Waals surface area (Å²) in [7, 11) is 0. The first-order chi connectivity index (χ1) is 9.63. The van der Waals surface area contributed by atoms with Gasteiger partial charge in [0, 0.05) is 5.38 Å². The number of rotatable bonds is 3. The summed E-state index contributed by atoms with van der Waals surface area (Å²) < 4.78 is 2.45. The maximum atomic E-state index is 12.0. The van der Waals surface area contributed by atoms with Crippen LogP contribution in [0.2, 0.25) is 0 Å². The minimum atomic E-state index is -0.365. The zero-order chi connectivity index (χ0) is 14.1. The average Bonchev–Trinajstić information content (AvgIpc) is 3.02. The van der Waals surface area contributed by atoms with E-state index in [-0.39, 0.29) is 18.0 Å². The van der Waals surface area contributed by atoms with E-state index in [4.69, 9.17) is 0 Å². The predicted molar refractivity (Wildman–Crippen MR) is 72.7 cm³/mol. The SMILES string of the molecule is Cc1csc(NC(=O)Cn2ncn3nccc3c2=O)n1. The van der Waals surface area contributed by atoms with E-state index in [1.165, 1.54) is 28.4 Å². The Balaban J connectivity index is 1.80. The second kappa shape index (κ2) is 4.85. The van der Waals surface area contributed by atoms with E-state index in [1.807, 2.05) is 12.3 Å². The van der Waals surface area contributed by atoms with Crippen molar-refractivity contribution in [1.29, 1.82) is 0 Å². The number of carbonyl (C=O) groups is 1. The molecule has 0 saturated heterocycles. The van der Waals surface area contributed by atoms with Crippen LogP contribution in [0.25, 0.3) is 5.52 Å². The summed E-state index contributed by atoms with van der Waals surface area (Å²) in [5, 5.41) is 12.8.